The van der Waals surface area contributed by atoms with E-state index in [1.807, 2.05) is 0 Å². The molecule has 1 rings (SSSR count). The highest BCUT2D eigenvalue weighted by molar-refractivity contribution is 7.89. The zero-order chi connectivity index (χ0) is 16.8. The Kier molecular flexibility index (Phi) is 7.47. The molecule has 0 saturated carbocycles. The van der Waals surface area contributed by atoms with Crippen molar-refractivity contribution >= 4 is 16.0 Å². The van der Waals surface area contributed by atoms with Crippen LogP contribution in [0.4, 0.5) is 8.78 Å². The second-order valence-corrected chi connectivity index (χ2v) is 7.46. The van der Waals surface area contributed by atoms with Gasteiger partial charge in [0, 0.05) is 32.7 Å². The maximum absolute atomic E-state index is 12.5. The second-order valence-electron chi connectivity index (χ2n) is 5.55. The van der Waals surface area contributed by atoms with Gasteiger partial charge in [-0.05, 0) is 32.1 Å². The average Bonchev–Trinajstić information content (AvgIpc) is 2.51. The molecular formula is C13H26F2N4O2S. The molecule has 1 aliphatic rings. The summed E-state index contributed by atoms with van der Waals surface area (Å²) in [5.74, 6) is -2.38. The highest BCUT2D eigenvalue weighted by Crippen LogP contribution is 2.22. The molecule has 130 valence electrons. The van der Waals surface area contributed by atoms with Crippen molar-refractivity contribution in [3.8, 4) is 0 Å². The molecule has 0 spiro atoms. The van der Waals surface area contributed by atoms with Crippen molar-refractivity contribution in [3.63, 3.8) is 0 Å². The summed E-state index contributed by atoms with van der Waals surface area (Å²) in [4.78, 5) is 4.13. The molecule has 0 radical (unpaired) electrons. The summed E-state index contributed by atoms with van der Waals surface area (Å²) in [5.41, 5.74) is 0. The van der Waals surface area contributed by atoms with E-state index in [0.29, 0.717) is 31.4 Å². The van der Waals surface area contributed by atoms with Crippen LogP contribution in [0.1, 0.15) is 33.1 Å². The summed E-state index contributed by atoms with van der Waals surface area (Å²) in [6.45, 7) is 5.08. The smallest absolute Gasteiger partial charge is 0.350 e. The minimum Gasteiger partial charge on any atom is -0.356 e. The van der Waals surface area contributed by atoms with E-state index >= 15 is 0 Å². The van der Waals surface area contributed by atoms with Gasteiger partial charge >= 0.3 is 5.76 Å². The lowest BCUT2D eigenvalue weighted by Gasteiger charge is -2.31. The van der Waals surface area contributed by atoms with Crippen LogP contribution in [-0.4, -0.2) is 57.2 Å². The van der Waals surface area contributed by atoms with Crippen LogP contribution in [0.5, 0.6) is 0 Å². The van der Waals surface area contributed by atoms with Crippen molar-refractivity contribution < 1.29 is 17.2 Å². The number of sulfonamides is 1. The van der Waals surface area contributed by atoms with Crippen LogP contribution in [0.25, 0.3) is 0 Å². The standard InChI is InChI=1S/C13H26F2N4O2S/c1-4-10(2)18-13(16-3)17-9-11-5-7-19(8-6-11)22(20,21)12(14)15/h10-12H,4-9H2,1-3H3,(H2,16,17,18). The first-order valence-corrected chi connectivity index (χ1v) is 9.05. The molecule has 0 amide bonds. The maximum Gasteiger partial charge on any atom is 0.350 e. The number of guanidine groups is 1. The van der Waals surface area contributed by atoms with Crippen molar-refractivity contribution in [2.75, 3.05) is 26.7 Å². The van der Waals surface area contributed by atoms with Crippen LogP contribution in [0.15, 0.2) is 4.99 Å². The van der Waals surface area contributed by atoms with Crippen LogP contribution in [-0.2, 0) is 10.0 Å². The molecule has 9 heteroatoms. The number of rotatable bonds is 6. The van der Waals surface area contributed by atoms with E-state index in [1.165, 1.54) is 0 Å². The van der Waals surface area contributed by atoms with Gasteiger partial charge < -0.3 is 10.6 Å². The predicted octanol–water partition coefficient (Wildman–Crippen LogP) is 1.21. The molecule has 0 aromatic carbocycles. The van der Waals surface area contributed by atoms with Gasteiger partial charge in [0.1, 0.15) is 0 Å². The van der Waals surface area contributed by atoms with E-state index in [1.54, 1.807) is 7.05 Å². The molecule has 1 heterocycles. The predicted molar refractivity (Wildman–Crippen MR) is 83.5 cm³/mol. The first-order valence-electron chi connectivity index (χ1n) is 7.55. The normalized spacial score (nSPS) is 20.2. The van der Waals surface area contributed by atoms with Crippen molar-refractivity contribution in [3.05, 3.63) is 0 Å². The quantitative estimate of drug-likeness (QED) is 0.563. The summed E-state index contributed by atoms with van der Waals surface area (Å²) in [6.07, 6.45) is 2.11. The molecule has 1 unspecified atom stereocenters. The lowest BCUT2D eigenvalue weighted by molar-refractivity contribution is 0.204. The second kappa shape index (κ2) is 8.61. The van der Waals surface area contributed by atoms with Gasteiger partial charge in [-0.3, -0.25) is 4.99 Å². The average molecular weight is 340 g/mol. The van der Waals surface area contributed by atoms with E-state index in [-0.39, 0.29) is 19.0 Å². The Labute approximate surface area is 131 Å². The van der Waals surface area contributed by atoms with E-state index in [4.69, 9.17) is 0 Å². The summed E-state index contributed by atoms with van der Waals surface area (Å²) in [6, 6.07) is 0.309. The van der Waals surface area contributed by atoms with Crippen LogP contribution >= 0.6 is 0 Å². The molecule has 1 atom stereocenters. The Hall–Kier alpha value is -0.960. The molecule has 0 bridgehead atoms. The number of nitrogens with zero attached hydrogens (tertiary/aromatic N) is 2. The van der Waals surface area contributed by atoms with E-state index < -0.39 is 15.8 Å². The molecule has 1 aliphatic heterocycles. The fourth-order valence-electron chi connectivity index (χ4n) is 2.25. The molecule has 2 N–H and O–H groups in total. The zero-order valence-corrected chi connectivity index (χ0v) is 14.2. The Bertz CT molecular complexity index is 463. The zero-order valence-electron chi connectivity index (χ0n) is 13.3. The number of alkyl halides is 2. The topological polar surface area (TPSA) is 73.8 Å². The summed E-state index contributed by atoms with van der Waals surface area (Å²) in [5, 5.41) is 6.44. The third kappa shape index (κ3) is 5.35. The van der Waals surface area contributed by atoms with Gasteiger partial charge in [-0.2, -0.15) is 13.1 Å². The maximum atomic E-state index is 12.5. The monoisotopic (exact) mass is 340 g/mol. The Balaban J connectivity index is 2.40. The number of hydrogen-bond acceptors (Lipinski definition) is 3. The summed E-state index contributed by atoms with van der Waals surface area (Å²) >= 11 is 0. The van der Waals surface area contributed by atoms with Gasteiger partial charge in [-0.25, -0.2) is 8.42 Å². The minimum absolute atomic E-state index is 0.149. The number of hydrogen-bond donors (Lipinski definition) is 2. The van der Waals surface area contributed by atoms with Crippen molar-refractivity contribution in [1.82, 2.24) is 14.9 Å². The van der Waals surface area contributed by atoms with E-state index in [9.17, 15) is 17.2 Å². The number of nitrogens with one attached hydrogen (secondary N) is 2. The molecule has 6 nitrogen and oxygen atoms in total. The first kappa shape index (κ1) is 19.1. The van der Waals surface area contributed by atoms with Gasteiger partial charge in [0.2, 0.25) is 0 Å². The SMILES string of the molecule is CCC(C)NC(=NC)NCC1CCN(S(=O)(=O)C(F)F)CC1. The highest BCUT2D eigenvalue weighted by atomic mass is 32.2. The first-order chi connectivity index (χ1) is 10.3. The van der Waals surface area contributed by atoms with Gasteiger partial charge in [0.05, 0.1) is 0 Å². The Morgan fingerprint density at radius 1 is 1.36 bits per heavy atom. The highest BCUT2D eigenvalue weighted by Gasteiger charge is 2.34. The van der Waals surface area contributed by atoms with Crippen LogP contribution in [0.2, 0.25) is 0 Å². The fraction of sp³-hybridized carbons (Fsp3) is 0.923. The Morgan fingerprint density at radius 2 is 1.95 bits per heavy atom. The fourth-order valence-corrected chi connectivity index (χ4v) is 3.20. The molecule has 0 aromatic rings. The van der Waals surface area contributed by atoms with Crippen molar-refractivity contribution in [2.24, 2.45) is 10.9 Å². The van der Waals surface area contributed by atoms with E-state index in [2.05, 4.69) is 29.5 Å². The third-order valence-electron chi connectivity index (χ3n) is 3.94. The summed E-state index contributed by atoms with van der Waals surface area (Å²) in [7, 11) is -2.75. The van der Waals surface area contributed by atoms with Gasteiger partial charge in [0.25, 0.3) is 10.0 Å². The summed E-state index contributed by atoms with van der Waals surface area (Å²) < 4.78 is 48.6. The largest absolute Gasteiger partial charge is 0.356 e. The molecule has 0 aliphatic carbocycles. The minimum atomic E-state index is -4.44. The molecule has 1 saturated heterocycles. The molecule has 1 fully saturated rings. The number of aliphatic imine (C=N–C) groups is 1. The van der Waals surface area contributed by atoms with Crippen molar-refractivity contribution in [1.29, 1.82) is 0 Å². The van der Waals surface area contributed by atoms with Gasteiger partial charge in [-0.15, -0.1) is 0 Å². The lowest BCUT2D eigenvalue weighted by Crippen LogP contribution is -2.46. The van der Waals surface area contributed by atoms with Crippen LogP contribution < -0.4 is 10.6 Å². The van der Waals surface area contributed by atoms with Crippen molar-refractivity contribution in [2.45, 2.75) is 44.9 Å². The van der Waals surface area contributed by atoms with Gasteiger partial charge in [-0.1, -0.05) is 6.92 Å². The number of piperidine rings is 1. The Morgan fingerprint density at radius 3 is 2.41 bits per heavy atom. The molecular weight excluding hydrogens is 314 g/mol. The third-order valence-corrected chi connectivity index (χ3v) is 5.47. The lowest BCUT2D eigenvalue weighted by atomic mass is 9.98. The van der Waals surface area contributed by atoms with Gasteiger partial charge in [0.15, 0.2) is 5.96 Å². The van der Waals surface area contributed by atoms with Crippen LogP contribution in [0.3, 0.4) is 0 Å². The number of halogens is 2. The van der Waals surface area contributed by atoms with Crippen LogP contribution in [0, 0.1) is 5.92 Å². The molecule has 0 aromatic heterocycles. The molecule has 22 heavy (non-hydrogen) atoms. The van der Waals surface area contributed by atoms with E-state index in [0.717, 1.165) is 10.7 Å².